The minimum atomic E-state index is -1.16. The Hall–Kier alpha value is -6.79. The van der Waals surface area contributed by atoms with Gasteiger partial charge in [0.1, 0.15) is 24.3 Å². The van der Waals surface area contributed by atoms with Gasteiger partial charge in [0.05, 0.1) is 5.60 Å². The van der Waals surface area contributed by atoms with Gasteiger partial charge in [0.15, 0.2) is 0 Å². The van der Waals surface area contributed by atoms with E-state index in [0.29, 0.717) is 0 Å². The lowest BCUT2D eigenvalue weighted by atomic mass is 9.77. The summed E-state index contributed by atoms with van der Waals surface area (Å²) in [5.74, 6) is -0.624. The van der Waals surface area contributed by atoms with Crippen molar-refractivity contribution >= 4 is 18.1 Å². The number of hydrogen-bond acceptors (Lipinski definition) is 9. The van der Waals surface area contributed by atoms with Crippen LogP contribution in [0.15, 0.2) is 144 Å². The summed E-state index contributed by atoms with van der Waals surface area (Å²) in [6, 6.07) is 44.4. The highest BCUT2D eigenvalue weighted by Crippen LogP contribution is 2.44. The molecule has 3 amide bonds. The topological polar surface area (TPSA) is 168 Å². The summed E-state index contributed by atoms with van der Waals surface area (Å²) in [5, 5.41) is 14.7. The van der Waals surface area contributed by atoms with E-state index in [9.17, 15) is 14.4 Å². The quantitative estimate of drug-likeness (QED) is 0.0859. The predicted molar refractivity (Wildman–Crippen MR) is 226 cm³/mol. The Kier molecular flexibility index (Phi) is 12.4. The standard InChI is InChI=1S/C48H49N5O7/c1-31(60-47(2,3)4)42(58-45(49)55)44-53-52-43(59-44)40(50-46(56)57-30-39-37-26-16-14-24-35(37)36-25-15-17-27-38(36)39)28-29-41(54)51-48(32-18-8-5-9-19-32,33-20-10-6-11-21-33)34-22-12-7-13-23-34/h5-27,31,39-40,42H,28-30H2,1-4H3,(H2,49,55)(H,50,56)(H,51,54)/t31-,40+,42+/m1/s1. The molecule has 60 heavy (non-hydrogen) atoms. The van der Waals surface area contributed by atoms with E-state index in [1.54, 1.807) is 6.92 Å². The molecule has 0 aliphatic heterocycles. The smallest absolute Gasteiger partial charge is 0.407 e. The van der Waals surface area contributed by atoms with Gasteiger partial charge < -0.3 is 35.0 Å². The Morgan fingerprint density at radius 3 is 1.70 bits per heavy atom. The van der Waals surface area contributed by atoms with Gasteiger partial charge in [-0.05, 0) is 73.1 Å². The molecule has 1 heterocycles. The van der Waals surface area contributed by atoms with Crippen molar-refractivity contribution in [2.24, 2.45) is 5.73 Å². The van der Waals surface area contributed by atoms with Crippen molar-refractivity contribution in [2.45, 2.75) is 75.8 Å². The molecule has 0 radical (unpaired) electrons. The number of primary amides is 1. The summed E-state index contributed by atoms with van der Waals surface area (Å²) in [7, 11) is 0. The van der Waals surface area contributed by atoms with Crippen molar-refractivity contribution in [3.8, 4) is 11.1 Å². The van der Waals surface area contributed by atoms with Crippen LogP contribution in [-0.4, -0.2) is 46.6 Å². The van der Waals surface area contributed by atoms with E-state index in [4.69, 9.17) is 24.4 Å². The molecule has 5 aromatic carbocycles. The number of amides is 3. The summed E-state index contributed by atoms with van der Waals surface area (Å²) in [6.45, 7) is 7.31. The van der Waals surface area contributed by atoms with E-state index in [1.807, 2.05) is 148 Å². The third-order valence-corrected chi connectivity index (χ3v) is 10.4. The lowest BCUT2D eigenvalue weighted by Crippen LogP contribution is -2.48. The van der Waals surface area contributed by atoms with E-state index >= 15 is 0 Å². The maximum absolute atomic E-state index is 14.4. The molecule has 4 N–H and O–H groups in total. The van der Waals surface area contributed by atoms with Gasteiger partial charge in [-0.3, -0.25) is 4.79 Å². The molecule has 12 nitrogen and oxygen atoms in total. The zero-order valence-corrected chi connectivity index (χ0v) is 34.0. The number of carbonyl (C=O) groups excluding carboxylic acids is 3. The van der Waals surface area contributed by atoms with Gasteiger partial charge in [-0.1, -0.05) is 140 Å². The van der Waals surface area contributed by atoms with Crippen LogP contribution in [0.25, 0.3) is 11.1 Å². The molecule has 1 aromatic heterocycles. The Labute approximate surface area is 349 Å². The van der Waals surface area contributed by atoms with Crippen LogP contribution < -0.4 is 16.4 Å². The van der Waals surface area contributed by atoms with Crippen molar-refractivity contribution in [1.29, 1.82) is 0 Å². The first kappa shape index (κ1) is 41.4. The highest BCUT2D eigenvalue weighted by molar-refractivity contribution is 5.80. The molecule has 0 spiro atoms. The maximum atomic E-state index is 14.4. The van der Waals surface area contributed by atoms with E-state index in [2.05, 4.69) is 33.0 Å². The summed E-state index contributed by atoms with van der Waals surface area (Å²) in [4.78, 5) is 40.1. The lowest BCUT2D eigenvalue weighted by Gasteiger charge is -2.37. The predicted octanol–water partition coefficient (Wildman–Crippen LogP) is 8.88. The van der Waals surface area contributed by atoms with Gasteiger partial charge in [0.2, 0.25) is 17.9 Å². The Balaban J connectivity index is 1.17. The molecule has 308 valence electrons. The number of alkyl carbamates (subject to hydrolysis) is 1. The fraction of sp³-hybridized carbons (Fsp3) is 0.271. The fourth-order valence-electron chi connectivity index (χ4n) is 7.96. The van der Waals surface area contributed by atoms with Crippen LogP contribution in [0.1, 0.15) is 98.2 Å². The van der Waals surface area contributed by atoms with E-state index < -0.39 is 41.6 Å². The molecular formula is C48H49N5O7. The van der Waals surface area contributed by atoms with Gasteiger partial charge >= 0.3 is 12.2 Å². The van der Waals surface area contributed by atoms with Crippen molar-refractivity contribution < 1.29 is 33.0 Å². The van der Waals surface area contributed by atoms with Crippen molar-refractivity contribution in [2.75, 3.05) is 6.61 Å². The molecule has 0 saturated carbocycles. The van der Waals surface area contributed by atoms with E-state index in [-0.39, 0.29) is 43.1 Å². The second kappa shape index (κ2) is 18.0. The second-order valence-electron chi connectivity index (χ2n) is 15.7. The Morgan fingerprint density at radius 1 is 0.717 bits per heavy atom. The molecule has 0 unspecified atom stereocenters. The van der Waals surface area contributed by atoms with Crippen LogP contribution in [0.5, 0.6) is 0 Å². The maximum Gasteiger partial charge on any atom is 0.407 e. The van der Waals surface area contributed by atoms with Crippen LogP contribution in [0.2, 0.25) is 0 Å². The van der Waals surface area contributed by atoms with Crippen molar-refractivity contribution in [1.82, 2.24) is 20.8 Å². The Morgan fingerprint density at radius 2 is 1.20 bits per heavy atom. The molecule has 6 aromatic rings. The molecular weight excluding hydrogens is 759 g/mol. The van der Waals surface area contributed by atoms with E-state index in [1.165, 1.54) is 0 Å². The van der Waals surface area contributed by atoms with Crippen molar-refractivity contribution in [3.05, 3.63) is 179 Å². The van der Waals surface area contributed by atoms with Crippen LogP contribution in [0.4, 0.5) is 9.59 Å². The average Bonchev–Trinajstić information content (AvgIpc) is 3.86. The first-order valence-corrected chi connectivity index (χ1v) is 20.0. The van der Waals surface area contributed by atoms with Gasteiger partial charge in [0, 0.05) is 12.3 Å². The van der Waals surface area contributed by atoms with Crippen molar-refractivity contribution in [3.63, 3.8) is 0 Å². The SMILES string of the molecule is C[C@@H](OC(C)(C)C)[C@H](OC(N)=O)c1nnc([C@H](CCC(=O)NC(c2ccccc2)(c2ccccc2)c2ccccc2)NC(=O)OCC2c3ccccc3-c3ccccc32)o1. The second-order valence-corrected chi connectivity index (χ2v) is 15.7. The zero-order chi connectivity index (χ0) is 42.3. The number of nitrogens with one attached hydrogen (secondary N) is 2. The third-order valence-electron chi connectivity index (χ3n) is 10.4. The lowest BCUT2D eigenvalue weighted by molar-refractivity contribution is -0.122. The minimum absolute atomic E-state index is 0.0293. The highest BCUT2D eigenvalue weighted by atomic mass is 16.6. The van der Waals surface area contributed by atoms with Gasteiger partial charge in [-0.25, -0.2) is 9.59 Å². The normalized spacial score (nSPS) is 13.9. The molecule has 0 saturated heterocycles. The summed E-state index contributed by atoms with van der Waals surface area (Å²) in [5.41, 5.74) is 10.7. The summed E-state index contributed by atoms with van der Waals surface area (Å²) in [6.07, 6.45) is -3.76. The number of ether oxygens (including phenoxy) is 3. The molecule has 1 aliphatic rings. The third kappa shape index (κ3) is 9.24. The monoisotopic (exact) mass is 807 g/mol. The largest absolute Gasteiger partial charge is 0.449 e. The molecule has 0 bridgehead atoms. The van der Waals surface area contributed by atoms with Gasteiger partial charge in [0.25, 0.3) is 5.89 Å². The first-order chi connectivity index (χ1) is 28.9. The molecule has 12 heteroatoms. The number of rotatable bonds is 15. The summed E-state index contributed by atoms with van der Waals surface area (Å²) >= 11 is 0. The number of fused-ring (bicyclic) bond motifs is 3. The van der Waals surface area contributed by atoms with Crippen LogP contribution in [0, 0.1) is 0 Å². The fourth-order valence-corrected chi connectivity index (χ4v) is 7.96. The van der Waals surface area contributed by atoms with Gasteiger partial charge in [-0.15, -0.1) is 10.2 Å². The minimum Gasteiger partial charge on any atom is -0.449 e. The molecule has 0 fully saturated rings. The first-order valence-electron chi connectivity index (χ1n) is 20.0. The molecule has 3 atom stereocenters. The summed E-state index contributed by atoms with van der Waals surface area (Å²) < 4.78 is 23.5. The van der Waals surface area contributed by atoms with Crippen LogP contribution in [-0.2, 0) is 24.5 Å². The number of hydrogen-bond donors (Lipinski definition) is 3. The van der Waals surface area contributed by atoms with Crippen LogP contribution >= 0.6 is 0 Å². The molecule has 7 rings (SSSR count). The number of aromatic nitrogens is 2. The highest BCUT2D eigenvalue weighted by Gasteiger charge is 2.39. The number of nitrogens with two attached hydrogens (primary N) is 1. The van der Waals surface area contributed by atoms with Gasteiger partial charge in [-0.2, -0.15) is 0 Å². The number of benzene rings is 5. The van der Waals surface area contributed by atoms with E-state index in [0.717, 1.165) is 38.9 Å². The molecule has 1 aliphatic carbocycles. The van der Waals surface area contributed by atoms with Crippen LogP contribution in [0.3, 0.4) is 0 Å². The zero-order valence-electron chi connectivity index (χ0n) is 34.0. The Bertz CT molecular complexity index is 2260. The number of carbonyl (C=O) groups is 3. The number of nitrogens with zero attached hydrogens (tertiary/aromatic N) is 2. The average molecular weight is 808 g/mol.